The van der Waals surface area contributed by atoms with Crippen LogP contribution in [0, 0.1) is 0 Å². The summed E-state index contributed by atoms with van der Waals surface area (Å²) in [5.41, 5.74) is 1.63. The van der Waals surface area contributed by atoms with Gasteiger partial charge in [-0.3, -0.25) is 4.79 Å². The van der Waals surface area contributed by atoms with Gasteiger partial charge in [-0.15, -0.1) is 0 Å². The Hall–Kier alpha value is -1.48. The Morgan fingerprint density at radius 1 is 1.44 bits per heavy atom. The Balaban J connectivity index is 2.40. The lowest BCUT2D eigenvalue weighted by Gasteiger charge is -2.11. The molecule has 0 aliphatic carbocycles. The van der Waals surface area contributed by atoms with E-state index in [9.17, 15) is 4.79 Å². The van der Waals surface area contributed by atoms with Gasteiger partial charge in [-0.1, -0.05) is 24.6 Å². The lowest BCUT2D eigenvalue weighted by molar-refractivity contribution is 0.0931. The number of aromatic nitrogens is 1. The van der Waals surface area contributed by atoms with Crippen molar-refractivity contribution in [3.05, 3.63) is 35.0 Å². The summed E-state index contributed by atoms with van der Waals surface area (Å²) in [6, 6.07) is 7.71. The SMILES string of the molecule is CCC(C)NC(=O)c1cc2ccc(Cl)cc2n1C. The summed E-state index contributed by atoms with van der Waals surface area (Å²) in [6.07, 6.45) is 0.918. The molecule has 1 N–H and O–H groups in total. The second kappa shape index (κ2) is 5.02. The average Bonchev–Trinajstić information content (AvgIpc) is 2.66. The van der Waals surface area contributed by atoms with E-state index in [-0.39, 0.29) is 11.9 Å². The number of carbonyl (C=O) groups excluding carboxylic acids is 1. The Morgan fingerprint density at radius 3 is 2.83 bits per heavy atom. The second-order valence-electron chi connectivity index (χ2n) is 4.57. The van der Waals surface area contributed by atoms with Gasteiger partial charge in [0, 0.05) is 29.0 Å². The van der Waals surface area contributed by atoms with Crippen LogP contribution >= 0.6 is 11.6 Å². The molecule has 0 aliphatic rings. The highest BCUT2D eigenvalue weighted by atomic mass is 35.5. The largest absolute Gasteiger partial charge is 0.348 e. The fourth-order valence-electron chi connectivity index (χ4n) is 1.92. The van der Waals surface area contributed by atoms with Crippen LogP contribution in [0.2, 0.25) is 5.02 Å². The maximum Gasteiger partial charge on any atom is 0.268 e. The number of fused-ring (bicyclic) bond motifs is 1. The number of hydrogen-bond acceptors (Lipinski definition) is 1. The van der Waals surface area contributed by atoms with Gasteiger partial charge in [0.15, 0.2) is 0 Å². The molecule has 0 saturated carbocycles. The smallest absolute Gasteiger partial charge is 0.268 e. The van der Waals surface area contributed by atoms with Crippen molar-refractivity contribution in [2.24, 2.45) is 7.05 Å². The molecule has 1 amide bonds. The monoisotopic (exact) mass is 264 g/mol. The predicted molar refractivity (Wildman–Crippen MR) is 75.1 cm³/mol. The topological polar surface area (TPSA) is 34.0 Å². The summed E-state index contributed by atoms with van der Waals surface area (Å²) < 4.78 is 1.87. The molecular weight excluding hydrogens is 248 g/mol. The van der Waals surface area contributed by atoms with E-state index in [0.29, 0.717) is 10.7 Å². The number of aryl methyl sites for hydroxylation is 1. The second-order valence-corrected chi connectivity index (χ2v) is 5.01. The predicted octanol–water partition coefficient (Wildman–Crippen LogP) is 3.36. The van der Waals surface area contributed by atoms with E-state index in [1.54, 1.807) is 0 Å². The third kappa shape index (κ3) is 2.36. The van der Waals surface area contributed by atoms with Gasteiger partial charge in [-0.2, -0.15) is 0 Å². The molecule has 3 nitrogen and oxygen atoms in total. The third-order valence-corrected chi connectivity index (χ3v) is 3.47. The zero-order valence-electron chi connectivity index (χ0n) is 10.8. The maximum absolute atomic E-state index is 12.1. The Kier molecular flexibility index (Phi) is 3.62. The fourth-order valence-corrected chi connectivity index (χ4v) is 2.09. The van der Waals surface area contributed by atoms with E-state index < -0.39 is 0 Å². The van der Waals surface area contributed by atoms with Crippen molar-refractivity contribution in [3.63, 3.8) is 0 Å². The molecule has 0 radical (unpaired) electrons. The van der Waals surface area contributed by atoms with Crippen LogP contribution in [0.25, 0.3) is 10.9 Å². The minimum absolute atomic E-state index is 0.0424. The minimum Gasteiger partial charge on any atom is -0.348 e. The highest BCUT2D eigenvalue weighted by molar-refractivity contribution is 6.31. The average molecular weight is 265 g/mol. The Morgan fingerprint density at radius 2 is 2.17 bits per heavy atom. The van der Waals surface area contributed by atoms with Crippen molar-refractivity contribution in [1.29, 1.82) is 0 Å². The van der Waals surface area contributed by atoms with Crippen LogP contribution in [0.1, 0.15) is 30.8 Å². The summed E-state index contributed by atoms with van der Waals surface area (Å²) in [7, 11) is 1.88. The molecule has 0 saturated heterocycles. The van der Waals surface area contributed by atoms with Gasteiger partial charge in [0.25, 0.3) is 5.91 Å². The van der Waals surface area contributed by atoms with E-state index >= 15 is 0 Å². The van der Waals surface area contributed by atoms with Crippen LogP contribution in [0.4, 0.5) is 0 Å². The van der Waals surface area contributed by atoms with E-state index in [1.165, 1.54) is 0 Å². The van der Waals surface area contributed by atoms with Gasteiger partial charge in [0.05, 0.1) is 0 Å². The van der Waals surface area contributed by atoms with Crippen LogP contribution in [0.5, 0.6) is 0 Å². The molecule has 1 unspecified atom stereocenters. The summed E-state index contributed by atoms with van der Waals surface area (Å²) in [5.74, 6) is -0.0424. The number of benzene rings is 1. The minimum atomic E-state index is -0.0424. The highest BCUT2D eigenvalue weighted by Crippen LogP contribution is 2.22. The van der Waals surface area contributed by atoms with Crippen LogP contribution in [-0.4, -0.2) is 16.5 Å². The van der Waals surface area contributed by atoms with Crippen molar-refractivity contribution in [2.45, 2.75) is 26.3 Å². The molecule has 0 aliphatic heterocycles. The summed E-state index contributed by atoms with van der Waals surface area (Å²) in [5, 5.41) is 4.67. The van der Waals surface area contributed by atoms with Crippen molar-refractivity contribution < 1.29 is 4.79 Å². The van der Waals surface area contributed by atoms with E-state index in [4.69, 9.17) is 11.6 Å². The number of rotatable bonds is 3. The summed E-state index contributed by atoms with van der Waals surface area (Å²) in [6.45, 7) is 4.05. The van der Waals surface area contributed by atoms with Crippen LogP contribution in [0.15, 0.2) is 24.3 Å². The number of nitrogens with zero attached hydrogens (tertiary/aromatic N) is 1. The van der Waals surface area contributed by atoms with Crippen molar-refractivity contribution >= 4 is 28.4 Å². The quantitative estimate of drug-likeness (QED) is 0.906. The van der Waals surface area contributed by atoms with E-state index in [1.807, 2.05) is 49.7 Å². The van der Waals surface area contributed by atoms with Crippen LogP contribution < -0.4 is 5.32 Å². The number of carbonyl (C=O) groups is 1. The molecule has 2 rings (SSSR count). The molecular formula is C14H17ClN2O. The van der Waals surface area contributed by atoms with E-state index in [0.717, 1.165) is 17.3 Å². The van der Waals surface area contributed by atoms with Gasteiger partial charge in [0.1, 0.15) is 5.69 Å². The third-order valence-electron chi connectivity index (χ3n) is 3.23. The van der Waals surface area contributed by atoms with Crippen LogP contribution in [0.3, 0.4) is 0 Å². The molecule has 0 spiro atoms. The van der Waals surface area contributed by atoms with Crippen molar-refractivity contribution in [1.82, 2.24) is 9.88 Å². The zero-order valence-corrected chi connectivity index (χ0v) is 11.6. The molecule has 1 atom stereocenters. The maximum atomic E-state index is 12.1. The molecule has 1 heterocycles. The van der Waals surface area contributed by atoms with Gasteiger partial charge in [-0.05, 0) is 31.5 Å². The van der Waals surface area contributed by atoms with Crippen LogP contribution in [-0.2, 0) is 7.05 Å². The van der Waals surface area contributed by atoms with E-state index in [2.05, 4.69) is 5.32 Å². The first-order chi connectivity index (χ1) is 8.52. The standard InChI is InChI=1S/C14H17ClN2O/c1-4-9(2)16-14(18)13-7-10-5-6-11(15)8-12(10)17(13)3/h5-9H,4H2,1-3H3,(H,16,18). The summed E-state index contributed by atoms with van der Waals surface area (Å²) in [4.78, 5) is 12.1. The molecule has 4 heteroatoms. The normalized spacial score (nSPS) is 12.7. The Labute approximate surface area is 112 Å². The molecule has 2 aromatic rings. The molecule has 1 aromatic heterocycles. The van der Waals surface area contributed by atoms with Gasteiger partial charge in [0.2, 0.25) is 0 Å². The fraction of sp³-hybridized carbons (Fsp3) is 0.357. The number of amides is 1. The molecule has 1 aromatic carbocycles. The number of halogens is 1. The summed E-state index contributed by atoms with van der Waals surface area (Å²) >= 11 is 5.97. The molecule has 96 valence electrons. The molecule has 18 heavy (non-hydrogen) atoms. The van der Waals surface area contributed by atoms with Gasteiger partial charge in [-0.25, -0.2) is 0 Å². The molecule has 0 fully saturated rings. The van der Waals surface area contributed by atoms with Gasteiger partial charge < -0.3 is 9.88 Å². The van der Waals surface area contributed by atoms with Crippen molar-refractivity contribution in [3.8, 4) is 0 Å². The van der Waals surface area contributed by atoms with Crippen molar-refractivity contribution in [2.75, 3.05) is 0 Å². The lowest BCUT2D eigenvalue weighted by Crippen LogP contribution is -2.33. The first kappa shape index (κ1) is 13.0. The first-order valence-electron chi connectivity index (χ1n) is 6.08. The van der Waals surface area contributed by atoms with Gasteiger partial charge >= 0.3 is 0 Å². The highest BCUT2D eigenvalue weighted by Gasteiger charge is 2.14. The molecule has 0 bridgehead atoms. The Bertz CT molecular complexity index is 589. The number of hydrogen-bond donors (Lipinski definition) is 1. The number of nitrogens with one attached hydrogen (secondary N) is 1. The lowest BCUT2D eigenvalue weighted by atomic mass is 10.2. The first-order valence-corrected chi connectivity index (χ1v) is 6.46. The zero-order chi connectivity index (χ0) is 13.3.